The van der Waals surface area contributed by atoms with Gasteiger partial charge in [-0.2, -0.15) is 0 Å². The van der Waals surface area contributed by atoms with E-state index in [1.165, 1.54) is 22.8 Å². The summed E-state index contributed by atoms with van der Waals surface area (Å²) in [6.45, 7) is 2.20. The van der Waals surface area contributed by atoms with Crippen molar-refractivity contribution in [2.75, 3.05) is 0 Å². The minimum Gasteiger partial charge on any atom is -0.392 e. The third kappa shape index (κ3) is 2.72. The summed E-state index contributed by atoms with van der Waals surface area (Å²) in [4.78, 5) is 0. The van der Waals surface area contributed by atoms with Crippen LogP contribution in [0.1, 0.15) is 44.2 Å². The molecular formula is C18H23NO. The summed E-state index contributed by atoms with van der Waals surface area (Å²) in [5, 5.41) is 16.3. The molecule has 0 heterocycles. The molecule has 1 aliphatic carbocycles. The molecule has 3 rings (SSSR count). The van der Waals surface area contributed by atoms with Crippen LogP contribution in [0.5, 0.6) is 0 Å². The summed E-state index contributed by atoms with van der Waals surface area (Å²) in [6, 6.07) is 15.5. The normalized spacial score (nSPS) is 24.7. The van der Waals surface area contributed by atoms with E-state index in [0.717, 1.165) is 19.3 Å². The van der Waals surface area contributed by atoms with Gasteiger partial charge in [0.15, 0.2) is 0 Å². The van der Waals surface area contributed by atoms with Gasteiger partial charge >= 0.3 is 0 Å². The molecule has 0 radical (unpaired) electrons. The highest BCUT2D eigenvalue weighted by atomic mass is 16.3. The lowest BCUT2D eigenvalue weighted by atomic mass is 9.91. The third-order valence-corrected chi connectivity index (χ3v) is 4.48. The topological polar surface area (TPSA) is 32.3 Å². The van der Waals surface area contributed by atoms with Gasteiger partial charge in [0.1, 0.15) is 0 Å². The van der Waals surface area contributed by atoms with E-state index in [4.69, 9.17) is 0 Å². The predicted molar refractivity (Wildman–Crippen MR) is 83.8 cm³/mol. The van der Waals surface area contributed by atoms with Crippen molar-refractivity contribution in [1.29, 1.82) is 0 Å². The quantitative estimate of drug-likeness (QED) is 0.888. The second kappa shape index (κ2) is 5.94. The molecule has 20 heavy (non-hydrogen) atoms. The lowest BCUT2D eigenvalue weighted by Gasteiger charge is -2.31. The number of aliphatic hydroxyl groups excluding tert-OH is 1. The van der Waals surface area contributed by atoms with Gasteiger partial charge in [-0.3, -0.25) is 0 Å². The Labute approximate surface area is 120 Å². The van der Waals surface area contributed by atoms with Gasteiger partial charge in [0, 0.05) is 12.1 Å². The van der Waals surface area contributed by atoms with Gasteiger partial charge in [-0.25, -0.2) is 0 Å². The molecule has 0 spiro atoms. The van der Waals surface area contributed by atoms with Crippen molar-refractivity contribution < 1.29 is 5.11 Å². The molecule has 2 aromatic rings. The molecule has 3 atom stereocenters. The molecule has 1 fully saturated rings. The van der Waals surface area contributed by atoms with Crippen LogP contribution in [-0.4, -0.2) is 17.3 Å². The van der Waals surface area contributed by atoms with Gasteiger partial charge < -0.3 is 10.4 Å². The predicted octanol–water partition coefficient (Wildman–Crippen LogP) is 3.79. The third-order valence-electron chi connectivity index (χ3n) is 4.48. The number of aliphatic hydroxyl groups is 1. The largest absolute Gasteiger partial charge is 0.392 e. The van der Waals surface area contributed by atoms with Crippen LogP contribution in [0.15, 0.2) is 42.5 Å². The van der Waals surface area contributed by atoms with Crippen molar-refractivity contribution in [2.24, 2.45) is 0 Å². The summed E-state index contributed by atoms with van der Waals surface area (Å²) in [6.07, 6.45) is 4.19. The van der Waals surface area contributed by atoms with Crippen LogP contribution in [0, 0.1) is 0 Å². The Hall–Kier alpha value is -1.38. The van der Waals surface area contributed by atoms with Gasteiger partial charge in [0.2, 0.25) is 0 Å². The highest BCUT2D eigenvalue weighted by molar-refractivity contribution is 5.86. The zero-order chi connectivity index (χ0) is 13.9. The van der Waals surface area contributed by atoms with E-state index in [1.807, 2.05) is 0 Å². The molecule has 0 aromatic heterocycles. The molecule has 106 valence electrons. The molecule has 2 N–H and O–H groups in total. The molecule has 0 amide bonds. The number of rotatable bonds is 3. The van der Waals surface area contributed by atoms with Crippen LogP contribution in [0.2, 0.25) is 0 Å². The average molecular weight is 269 g/mol. The van der Waals surface area contributed by atoms with Gasteiger partial charge in [0.05, 0.1) is 6.10 Å². The summed E-state index contributed by atoms with van der Waals surface area (Å²) in [5.74, 6) is 0. The summed E-state index contributed by atoms with van der Waals surface area (Å²) >= 11 is 0. The maximum absolute atomic E-state index is 10.1. The van der Waals surface area contributed by atoms with E-state index in [1.54, 1.807) is 0 Å². The first kappa shape index (κ1) is 13.6. The molecule has 2 aromatic carbocycles. The van der Waals surface area contributed by atoms with Gasteiger partial charge in [-0.15, -0.1) is 0 Å². The monoisotopic (exact) mass is 269 g/mol. The van der Waals surface area contributed by atoms with Crippen LogP contribution in [0.4, 0.5) is 0 Å². The van der Waals surface area contributed by atoms with Crippen molar-refractivity contribution in [3.05, 3.63) is 48.0 Å². The minimum absolute atomic E-state index is 0.193. The molecule has 0 bridgehead atoms. The van der Waals surface area contributed by atoms with E-state index in [9.17, 15) is 5.11 Å². The fraction of sp³-hybridized carbons (Fsp3) is 0.444. The average Bonchev–Trinajstić information content (AvgIpc) is 2.49. The minimum atomic E-state index is -0.193. The Balaban J connectivity index is 1.83. The van der Waals surface area contributed by atoms with Crippen molar-refractivity contribution in [3.63, 3.8) is 0 Å². The Morgan fingerprint density at radius 2 is 1.80 bits per heavy atom. The van der Waals surface area contributed by atoms with Crippen LogP contribution in [0.3, 0.4) is 0 Å². The van der Waals surface area contributed by atoms with Gasteiger partial charge in [-0.05, 0) is 36.1 Å². The van der Waals surface area contributed by atoms with E-state index >= 15 is 0 Å². The number of fused-ring (bicyclic) bond motifs is 1. The molecular weight excluding hydrogens is 246 g/mol. The van der Waals surface area contributed by atoms with Crippen molar-refractivity contribution in [2.45, 2.75) is 50.8 Å². The SMILES string of the molecule is CC(NC1CCCCC1O)c1cccc2ccccc12. The maximum atomic E-state index is 10.1. The summed E-state index contributed by atoms with van der Waals surface area (Å²) in [7, 11) is 0. The van der Waals surface area contributed by atoms with E-state index in [2.05, 4.69) is 54.7 Å². The van der Waals surface area contributed by atoms with E-state index < -0.39 is 0 Å². The zero-order valence-electron chi connectivity index (χ0n) is 12.0. The Morgan fingerprint density at radius 3 is 2.65 bits per heavy atom. The van der Waals surface area contributed by atoms with Gasteiger partial charge in [0.25, 0.3) is 0 Å². The van der Waals surface area contributed by atoms with Crippen LogP contribution in [-0.2, 0) is 0 Å². The first-order valence-electron chi connectivity index (χ1n) is 7.67. The number of benzene rings is 2. The van der Waals surface area contributed by atoms with Crippen LogP contribution >= 0.6 is 0 Å². The molecule has 2 heteroatoms. The van der Waals surface area contributed by atoms with Crippen LogP contribution in [0.25, 0.3) is 10.8 Å². The summed E-state index contributed by atoms with van der Waals surface area (Å²) < 4.78 is 0. The highest BCUT2D eigenvalue weighted by Gasteiger charge is 2.24. The Kier molecular flexibility index (Phi) is 4.04. The molecule has 0 saturated heterocycles. The summed E-state index contributed by atoms with van der Waals surface area (Å²) in [5.41, 5.74) is 1.32. The fourth-order valence-electron chi connectivity index (χ4n) is 3.34. The smallest absolute Gasteiger partial charge is 0.0693 e. The van der Waals surface area contributed by atoms with Crippen LogP contribution < -0.4 is 5.32 Å². The zero-order valence-corrected chi connectivity index (χ0v) is 12.0. The molecule has 3 unspecified atom stereocenters. The van der Waals surface area contributed by atoms with Crippen molar-refractivity contribution in [1.82, 2.24) is 5.32 Å². The molecule has 1 saturated carbocycles. The standard InChI is InChI=1S/C18H23NO/c1-13(19-17-11-4-5-12-18(17)20)15-10-6-8-14-7-2-3-9-16(14)15/h2-3,6-10,13,17-20H,4-5,11-12H2,1H3. The van der Waals surface area contributed by atoms with Crippen molar-refractivity contribution >= 4 is 10.8 Å². The van der Waals surface area contributed by atoms with E-state index in [-0.39, 0.29) is 18.2 Å². The maximum Gasteiger partial charge on any atom is 0.0693 e. The number of hydrogen-bond acceptors (Lipinski definition) is 2. The number of nitrogens with one attached hydrogen (secondary N) is 1. The molecule has 1 aliphatic rings. The molecule has 0 aliphatic heterocycles. The first-order chi connectivity index (χ1) is 9.75. The van der Waals surface area contributed by atoms with Crippen molar-refractivity contribution in [3.8, 4) is 0 Å². The highest BCUT2D eigenvalue weighted by Crippen LogP contribution is 2.26. The lowest BCUT2D eigenvalue weighted by molar-refractivity contribution is 0.0860. The second-order valence-corrected chi connectivity index (χ2v) is 5.92. The Bertz CT molecular complexity index is 575. The first-order valence-corrected chi connectivity index (χ1v) is 7.67. The number of hydrogen-bond donors (Lipinski definition) is 2. The fourth-order valence-corrected chi connectivity index (χ4v) is 3.34. The second-order valence-electron chi connectivity index (χ2n) is 5.92. The molecule has 2 nitrogen and oxygen atoms in total. The Morgan fingerprint density at radius 1 is 1.05 bits per heavy atom. The van der Waals surface area contributed by atoms with E-state index in [0.29, 0.717) is 0 Å². The van der Waals surface area contributed by atoms with Gasteiger partial charge in [-0.1, -0.05) is 55.3 Å². The lowest BCUT2D eigenvalue weighted by Crippen LogP contribution is -2.43.